The number of nitrogens with zero attached hydrogens (tertiary/aromatic N) is 3. The molecule has 18 heavy (non-hydrogen) atoms. The number of halogens is 1. The first-order chi connectivity index (χ1) is 8.74. The van der Waals surface area contributed by atoms with Gasteiger partial charge in [-0.1, -0.05) is 24.3 Å². The van der Waals surface area contributed by atoms with E-state index in [1.807, 2.05) is 4.68 Å². The SMILES string of the molecule is Nc1nc(Br)n(CC2CCCc3ccccc32)n1. The maximum Gasteiger partial charge on any atom is 0.240 e. The van der Waals surface area contributed by atoms with Crippen molar-refractivity contribution < 1.29 is 0 Å². The van der Waals surface area contributed by atoms with E-state index >= 15 is 0 Å². The predicted octanol–water partition coefficient (Wildman–Crippen LogP) is 2.74. The minimum atomic E-state index is 0.325. The summed E-state index contributed by atoms with van der Waals surface area (Å²) in [7, 11) is 0. The Morgan fingerprint density at radius 2 is 2.22 bits per heavy atom. The first-order valence-corrected chi connectivity index (χ1v) is 6.97. The van der Waals surface area contributed by atoms with Crippen LogP contribution in [0.25, 0.3) is 0 Å². The molecule has 1 aliphatic carbocycles. The molecule has 2 N–H and O–H groups in total. The monoisotopic (exact) mass is 306 g/mol. The number of nitrogen functional groups attached to an aromatic ring is 1. The van der Waals surface area contributed by atoms with Gasteiger partial charge in [0.1, 0.15) is 0 Å². The zero-order chi connectivity index (χ0) is 12.5. The van der Waals surface area contributed by atoms with E-state index in [2.05, 4.69) is 50.3 Å². The molecule has 1 atom stereocenters. The molecule has 1 unspecified atom stereocenters. The normalized spacial score (nSPS) is 18.6. The third-order valence-corrected chi connectivity index (χ3v) is 4.12. The van der Waals surface area contributed by atoms with Gasteiger partial charge in [0.15, 0.2) is 4.73 Å². The highest BCUT2D eigenvalue weighted by molar-refractivity contribution is 9.10. The Morgan fingerprint density at radius 1 is 1.39 bits per heavy atom. The molecule has 0 fully saturated rings. The fourth-order valence-electron chi connectivity index (χ4n) is 2.71. The van der Waals surface area contributed by atoms with Crippen LogP contribution in [0.15, 0.2) is 29.0 Å². The quantitative estimate of drug-likeness (QED) is 0.928. The van der Waals surface area contributed by atoms with Gasteiger partial charge >= 0.3 is 0 Å². The molecule has 94 valence electrons. The molecule has 0 amide bonds. The second-order valence-electron chi connectivity index (χ2n) is 4.71. The zero-order valence-electron chi connectivity index (χ0n) is 10.0. The minimum Gasteiger partial charge on any atom is -0.366 e. The van der Waals surface area contributed by atoms with E-state index in [0.29, 0.717) is 16.6 Å². The molecule has 0 spiro atoms. The van der Waals surface area contributed by atoms with Gasteiger partial charge < -0.3 is 5.73 Å². The summed E-state index contributed by atoms with van der Waals surface area (Å²) >= 11 is 3.39. The zero-order valence-corrected chi connectivity index (χ0v) is 11.6. The van der Waals surface area contributed by atoms with Gasteiger partial charge in [-0.05, 0) is 46.3 Å². The van der Waals surface area contributed by atoms with Crippen LogP contribution in [0.1, 0.15) is 29.9 Å². The smallest absolute Gasteiger partial charge is 0.240 e. The van der Waals surface area contributed by atoms with Crippen molar-refractivity contribution in [1.29, 1.82) is 0 Å². The lowest BCUT2D eigenvalue weighted by atomic mass is 9.83. The van der Waals surface area contributed by atoms with Crippen LogP contribution in [-0.4, -0.2) is 14.8 Å². The Morgan fingerprint density at radius 3 is 3.00 bits per heavy atom. The summed E-state index contributed by atoms with van der Waals surface area (Å²) in [4.78, 5) is 4.08. The number of anilines is 1. The number of benzene rings is 1. The Bertz CT molecular complexity index is 564. The number of aromatic nitrogens is 3. The number of hydrogen-bond acceptors (Lipinski definition) is 3. The molecule has 2 aromatic rings. The lowest BCUT2D eigenvalue weighted by Gasteiger charge is -2.25. The molecule has 0 saturated heterocycles. The summed E-state index contributed by atoms with van der Waals surface area (Å²) in [5, 5.41) is 4.21. The van der Waals surface area contributed by atoms with Gasteiger partial charge in [0, 0.05) is 5.92 Å². The molecule has 5 heteroatoms. The van der Waals surface area contributed by atoms with E-state index in [1.54, 1.807) is 0 Å². The summed E-state index contributed by atoms with van der Waals surface area (Å²) in [6, 6.07) is 8.69. The van der Waals surface area contributed by atoms with E-state index in [-0.39, 0.29) is 0 Å². The van der Waals surface area contributed by atoms with Gasteiger partial charge in [-0.15, -0.1) is 5.10 Å². The second-order valence-corrected chi connectivity index (χ2v) is 5.42. The van der Waals surface area contributed by atoms with Gasteiger partial charge in [0.2, 0.25) is 5.95 Å². The lowest BCUT2D eigenvalue weighted by Crippen LogP contribution is -2.16. The average Bonchev–Trinajstić information content (AvgIpc) is 2.68. The first-order valence-electron chi connectivity index (χ1n) is 6.17. The van der Waals surface area contributed by atoms with E-state index < -0.39 is 0 Å². The first kappa shape index (κ1) is 11.7. The topological polar surface area (TPSA) is 56.7 Å². The highest BCUT2D eigenvalue weighted by Gasteiger charge is 2.21. The van der Waals surface area contributed by atoms with Gasteiger partial charge in [0.05, 0.1) is 6.54 Å². The molecule has 1 aromatic carbocycles. The molecule has 0 saturated carbocycles. The van der Waals surface area contributed by atoms with Crippen LogP contribution in [0.5, 0.6) is 0 Å². The summed E-state index contributed by atoms with van der Waals surface area (Å²) < 4.78 is 2.56. The maximum atomic E-state index is 5.61. The Balaban J connectivity index is 1.88. The maximum absolute atomic E-state index is 5.61. The van der Waals surface area contributed by atoms with Crippen LogP contribution in [0.3, 0.4) is 0 Å². The lowest BCUT2D eigenvalue weighted by molar-refractivity contribution is 0.452. The van der Waals surface area contributed by atoms with Crippen molar-refractivity contribution in [2.75, 3.05) is 5.73 Å². The molecule has 1 heterocycles. The molecule has 4 nitrogen and oxygen atoms in total. The van der Waals surface area contributed by atoms with Crippen LogP contribution in [0, 0.1) is 0 Å². The molecule has 1 aliphatic rings. The van der Waals surface area contributed by atoms with Crippen molar-refractivity contribution in [3.8, 4) is 0 Å². The minimum absolute atomic E-state index is 0.325. The van der Waals surface area contributed by atoms with Gasteiger partial charge in [0.25, 0.3) is 0 Å². The molecule has 3 rings (SSSR count). The highest BCUT2D eigenvalue weighted by Crippen LogP contribution is 2.33. The molecule has 1 aromatic heterocycles. The van der Waals surface area contributed by atoms with Gasteiger partial charge in [-0.3, -0.25) is 0 Å². The third-order valence-electron chi connectivity index (χ3n) is 3.53. The Hall–Kier alpha value is -1.36. The number of nitrogens with two attached hydrogens (primary N) is 1. The summed E-state index contributed by atoms with van der Waals surface area (Å²) in [5.41, 5.74) is 8.53. The number of hydrogen-bond donors (Lipinski definition) is 1. The summed E-state index contributed by atoms with van der Waals surface area (Å²) in [6.07, 6.45) is 3.63. The Labute approximate surface area is 114 Å². The summed E-state index contributed by atoms with van der Waals surface area (Å²) in [5.74, 6) is 0.832. The van der Waals surface area contributed by atoms with Crippen molar-refractivity contribution in [2.24, 2.45) is 0 Å². The van der Waals surface area contributed by atoms with Crippen molar-refractivity contribution in [3.05, 3.63) is 40.1 Å². The number of rotatable bonds is 2. The molecule has 0 bridgehead atoms. The molecular weight excluding hydrogens is 292 g/mol. The third kappa shape index (κ3) is 2.14. The van der Waals surface area contributed by atoms with Gasteiger partial charge in [-0.2, -0.15) is 4.98 Å². The van der Waals surface area contributed by atoms with Crippen molar-refractivity contribution in [1.82, 2.24) is 14.8 Å². The fraction of sp³-hybridized carbons (Fsp3) is 0.385. The van der Waals surface area contributed by atoms with E-state index in [4.69, 9.17) is 5.73 Å². The van der Waals surface area contributed by atoms with Crippen LogP contribution in [-0.2, 0) is 13.0 Å². The van der Waals surface area contributed by atoms with E-state index in [9.17, 15) is 0 Å². The van der Waals surface area contributed by atoms with Crippen LogP contribution >= 0.6 is 15.9 Å². The fourth-order valence-corrected chi connectivity index (χ4v) is 3.11. The number of aryl methyl sites for hydroxylation is 1. The molecule has 0 radical (unpaired) electrons. The average molecular weight is 307 g/mol. The Kier molecular flexibility index (Phi) is 3.07. The molecule has 0 aliphatic heterocycles. The van der Waals surface area contributed by atoms with E-state index in [0.717, 1.165) is 6.54 Å². The highest BCUT2D eigenvalue weighted by atomic mass is 79.9. The van der Waals surface area contributed by atoms with E-state index in [1.165, 1.54) is 30.4 Å². The largest absolute Gasteiger partial charge is 0.366 e. The van der Waals surface area contributed by atoms with Crippen molar-refractivity contribution >= 4 is 21.9 Å². The second kappa shape index (κ2) is 4.72. The standard InChI is InChI=1S/C13H15BrN4/c14-12-16-13(15)17-18(12)8-10-6-3-5-9-4-1-2-7-11(9)10/h1-2,4,7,10H,3,5-6,8H2,(H2,15,17). The van der Waals surface area contributed by atoms with Gasteiger partial charge in [-0.25, -0.2) is 4.68 Å². The van der Waals surface area contributed by atoms with Crippen molar-refractivity contribution in [3.63, 3.8) is 0 Å². The van der Waals surface area contributed by atoms with Crippen LogP contribution in [0.2, 0.25) is 0 Å². The van der Waals surface area contributed by atoms with Crippen LogP contribution in [0.4, 0.5) is 5.95 Å². The summed E-state index contributed by atoms with van der Waals surface area (Å²) in [6.45, 7) is 0.835. The molecular formula is C13H15BrN4. The van der Waals surface area contributed by atoms with Crippen molar-refractivity contribution in [2.45, 2.75) is 31.7 Å². The predicted molar refractivity (Wildman–Crippen MR) is 74.3 cm³/mol. The number of fused-ring (bicyclic) bond motifs is 1. The van der Waals surface area contributed by atoms with Crippen LogP contribution < -0.4 is 5.73 Å².